The lowest BCUT2D eigenvalue weighted by Gasteiger charge is -2.10. The number of anilines is 1. The predicted octanol–water partition coefficient (Wildman–Crippen LogP) is 4.09. The molecule has 0 aliphatic carbocycles. The summed E-state index contributed by atoms with van der Waals surface area (Å²) in [5, 5.41) is 0. The van der Waals surface area contributed by atoms with Gasteiger partial charge in [-0.25, -0.2) is 9.37 Å². The average Bonchev–Trinajstić information content (AvgIpc) is 2.77. The third-order valence-electron chi connectivity index (χ3n) is 3.18. The van der Waals surface area contributed by atoms with Gasteiger partial charge in [-0.3, -0.25) is 0 Å². The maximum atomic E-state index is 13.3. The Hall–Kier alpha value is -2.05. The molecule has 0 unspecified atom stereocenters. The van der Waals surface area contributed by atoms with E-state index in [-0.39, 0.29) is 17.1 Å². The van der Waals surface area contributed by atoms with Crippen LogP contribution in [0.1, 0.15) is 25.3 Å². The molecule has 0 saturated heterocycles. The predicted molar refractivity (Wildman–Crippen MR) is 71.9 cm³/mol. The third-order valence-corrected chi connectivity index (χ3v) is 3.18. The summed E-state index contributed by atoms with van der Waals surface area (Å²) < 4.78 is 53.1. The number of rotatable bonds is 4. The number of aromatic nitrogens is 2. The van der Waals surface area contributed by atoms with E-state index in [2.05, 4.69) is 4.98 Å². The van der Waals surface area contributed by atoms with Gasteiger partial charge in [-0.15, -0.1) is 0 Å². The fourth-order valence-electron chi connectivity index (χ4n) is 2.01. The van der Waals surface area contributed by atoms with Gasteiger partial charge >= 0.3 is 6.18 Å². The van der Waals surface area contributed by atoms with E-state index >= 15 is 0 Å². The Morgan fingerprint density at radius 3 is 2.62 bits per heavy atom. The second-order valence-electron chi connectivity index (χ2n) is 4.72. The molecule has 0 atom stereocenters. The number of hydrogen-bond acceptors (Lipinski definition) is 2. The van der Waals surface area contributed by atoms with Gasteiger partial charge in [0.05, 0.1) is 11.9 Å². The van der Waals surface area contributed by atoms with Crippen LogP contribution in [0.4, 0.5) is 23.4 Å². The lowest BCUT2D eigenvalue weighted by atomic mass is 10.1. The Bertz CT molecular complexity index is 632. The summed E-state index contributed by atoms with van der Waals surface area (Å²) in [4.78, 5) is 4.04. The molecule has 1 aromatic carbocycles. The van der Waals surface area contributed by atoms with Crippen molar-refractivity contribution in [3.05, 3.63) is 35.9 Å². The zero-order valence-corrected chi connectivity index (χ0v) is 11.4. The lowest BCUT2D eigenvalue weighted by Crippen LogP contribution is -2.08. The van der Waals surface area contributed by atoms with Crippen molar-refractivity contribution >= 4 is 5.82 Å². The summed E-state index contributed by atoms with van der Waals surface area (Å²) in [5.41, 5.74) is 4.96. The van der Waals surface area contributed by atoms with E-state index in [1.165, 1.54) is 12.4 Å². The second-order valence-corrected chi connectivity index (χ2v) is 4.72. The van der Waals surface area contributed by atoms with E-state index in [0.29, 0.717) is 6.54 Å². The van der Waals surface area contributed by atoms with Gasteiger partial charge < -0.3 is 10.3 Å². The van der Waals surface area contributed by atoms with Crippen LogP contribution in [-0.4, -0.2) is 9.55 Å². The number of alkyl halides is 3. The molecule has 0 aliphatic heterocycles. The number of nitrogens with two attached hydrogens (primary N) is 1. The zero-order valence-electron chi connectivity index (χ0n) is 11.4. The van der Waals surface area contributed by atoms with Crippen LogP contribution in [0, 0.1) is 5.82 Å². The molecule has 0 saturated carbocycles. The van der Waals surface area contributed by atoms with Gasteiger partial charge in [-0.2, -0.15) is 13.2 Å². The first-order valence-electron chi connectivity index (χ1n) is 6.52. The standard InChI is InChI=1S/C14H15F4N3/c1-2-3-6-21-8-20-12(13(21)19)9-4-5-11(15)10(7-9)14(16,17)18/h4-5,7-8H,2-3,6,19H2,1H3. The van der Waals surface area contributed by atoms with Crippen molar-refractivity contribution in [2.45, 2.75) is 32.5 Å². The molecule has 2 N–H and O–H groups in total. The quantitative estimate of drug-likeness (QED) is 0.864. The molecular formula is C14H15F4N3. The van der Waals surface area contributed by atoms with Gasteiger partial charge in [0.2, 0.25) is 0 Å². The van der Waals surface area contributed by atoms with Crippen LogP contribution in [0.5, 0.6) is 0 Å². The Balaban J connectivity index is 2.41. The van der Waals surface area contributed by atoms with Crippen LogP contribution in [0.3, 0.4) is 0 Å². The van der Waals surface area contributed by atoms with Crippen LogP contribution in [0.2, 0.25) is 0 Å². The third kappa shape index (κ3) is 3.17. The molecule has 0 aliphatic rings. The Morgan fingerprint density at radius 2 is 2.00 bits per heavy atom. The highest BCUT2D eigenvalue weighted by atomic mass is 19.4. The van der Waals surface area contributed by atoms with Gasteiger partial charge in [0.25, 0.3) is 0 Å². The number of hydrogen-bond donors (Lipinski definition) is 1. The van der Waals surface area contributed by atoms with Gasteiger partial charge in [-0.1, -0.05) is 13.3 Å². The maximum Gasteiger partial charge on any atom is 0.419 e. The first-order chi connectivity index (χ1) is 9.84. The van der Waals surface area contributed by atoms with Crippen LogP contribution < -0.4 is 5.73 Å². The van der Waals surface area contributed by atoms with Crippen molar-refractivity contribution in [1.29, 1.82) is 0 Å². The summed E-state index contributed by atoms with van der Waals surface area (Å²) in [5.74, 6) is -1.03. The van der Waals surface area contributed by atoms with Gasteiger partial charge in [-0.05, 0) is 24.6 Å². The monoisotopic (exact) mass is 301 g/mol. The molecule has 1 heterocycles. The van der Waals surface area contributed by atoms with E-state index in [1.54, 1.807) is 4.57 Å². The number of aryl methyl sites for hydroxylation is 1. The van der Waals surface area contributed by atoms with Crippen molar-refractivity contribution in [2.24, 2.45) is 0 Å². The molecule has 0 bridgehead atoms. The SMILES string of the molecule is CCCCn1cnc(-c2ccc(F)c(C(F)(F)F)c2)c1N. The first kappa shape index (κ1) is 15.3. The number of nitrogen functional groups attached to an aromatic ring is 1. The van der Waals surface area contributed by atoms with E-state index in [4.69, 9.17) is 5.73 Å². The number of benzene rings is 1. The summed E-state index contributed by atoms with van der Waals surface area (Å²) in [6, 6.07) is 2.76. The Morgan fingerprint density at radius 1 is 1.29 bits per heavy atom. The molecule has 0 spiro atoms. The second kappa shape index (κ2) is 5.75. The van der Waals surface area contributed by atoms with Gasteiger partial charge in [0.15, 0.2) is 0 Å². The Kier molecular flexibility index (Phi) is 4.20. The molecule has 0 radical (unpaired) electrons. The van der Waals surface area contributed by atoms with Crippen molar-refractivity contribution in [3.63, 3.8) is 0 Å². The minimum Gasteiger partial charge on any atom is -0.383 e. The van der Waals surface area contributed by atoms with Crippen molar-refractivity contribution < 1.29 is 17.6 Å². The largest absolute Gasteiger partial charge is 0.419 e. The molecule has 114 valence electrons. The highest BCUT2D eigenvalue weighted by molar-refractivity contribution is 5.71. The van der Waals surface area contributed by atoms with Crippen molar-refractivity contribution in [3.8, 4) is 11.3 Å². The number of imidazole rings is 1. The average molecular weight is 301 g/mol. The molecule has 3 nitrogen and oxygen atoms in total. The smallest absolute Gasteiger partial charge is 0.383 e. The molecule has 0 fully saturated rings. The molecule has 2 rings (SSSR count). The molecule has 7 heteroatoms. The first-order valence-corrected chi connectivity index (χ1v) is 6.52. The highest BCUT2D eigenvalue weighted by Gasteiger charge is 2.34. The maximum absolute atomic E-state index is 13.3. The zero-order chi connectivity index (χ0) is 15.6. The Labute approximate surface area is 119 Å². The van der Waals surface area contributed by atoms with Crippen LogP contribution >= 0.6 is 0 Å². The number of unbranched alkanes of at least 4 members (excludes halogenated alkanes) is 1. The van der Waals surface area contributed by atoms with Gasteiger partial charge in [0.1, 0.15) is 17.3 Å². The summed E-state index contributed by atoms with van der Waals surface area (Å²) in [7, 11) is 0. The van der Waals surface area contributed by atoms with Crippen molar-refractivity contribution in [1.82, 2.24) is 9.55 Å². The van der Waals surface area contributed by atoms with Crippen LogP contribution in [0.15, 0.2) is 24.5 Å². The van der Waals surface area contributed by atoms with Crippen LogP contribution in [-0.2, 0) is 12.7 Å². The summed E-state index contributed by atoms with van der Waals surface area (Å²) in [6.45, 7) is 2.66. The molecule has 21 heavy (non-hydrogen) atoms. The lowest BCUT2D eigenvalue weighted by molar-refractivity contribution is -0.139. The highest BCUT2D eigenvalue weighted by Crippen LogP contribution is 2.35. The molecule has 0 amide bonds. The van der Waals surface area contributed by atoms with Gasteiger partial charge in [0, 0.05) is 12.1 Å². The molecule has 1 aromatic heterocycles. The van der Waals surface area contributed by atoms with Crippen LogP contribution in [0.25, 0.3) is 11.3 Å². The minimum atomic E-state index is -4.75. The normalized spacial score (nSPS) is 11.9. The summed E-state index contributed by atoms with van der Waals surface area (Å²) in [6.07, 6.45) is -1.42. The van der Waals surface area contributed by atoms with E-state index in [9.17, 15) is 17.6 Å². The number of nitrogens with zero attached hydrogens (tertiary/aromatic N) is 2. The molecule has 2 aromatic rings. The summed E-state index contributed by atoms with van der Waals surface area (Å²) >= 11 is 0. The van der Waals surface area contributed by atoms with E-state index in [1.807, 2.05) is 6.92 Å². The van der Waals surface area contributed by atoms with E-state index < -0.39 is 17.6 Å². The number of halogens is 4. The fourth-order valence-corrected chi connectivity index (χ4v) is 2.01. The molecular weight excluding hydrogens is 286 g/mol. The van der Waals surface area contributed by atoms with E-state index in [0.717, 1.165) is 25.0 Å². The minimum absolute atomic E-state index is 0.150. The topological polar surface area (TPSA) is 43.8 Å². The fraction of sp³-hybridized carbons (Fsp3) is 0.357. The van der Waals surface area contributed by atoms with Crippen molar-refractivity contribution in [2.75, 3.05) is 5.73 Å².